The fraction of sp³-hybridized carbons (Fsp3) is 0.520. The van der Waals surface area contributed by atoms with Gasteiger partial charge in [-0.2, -0.15) is 11.8 Å². The maximum absolute atomic E-state index is 13.7. The Morgan fingerprint density at radius 2 is 1.91 bits per heavy atom. The van der Waals surface area contributed by atoms with Crippen LogP contribution in [0.1, 0.15) is 51.3 Å². The minimum Gasteiger partial charge on any atom is -0.468 e. The number of rotatable bonds is 12. The van der Waals surface area contributed by atoms with Crippen LogP contribution in [0.15, 0.2) is 30.8 Å². The lowest BCUT2D eigenvalue weighted by Gasteiger charge is -2.33. The molecule has 0 radical (unpaired) electrons. The number of carbonyl (C=O) groups excluding carboxylic acids is 4. The highest BCUT2D eigenvalue weighted by atomic mass is 32.2. The molecule has 0 spiro atoms. The molecule has 0 saturated carbocycles. The zero-order valence-corrected chi connectivity index (χ0v) is 22.2. The topological polar surface area (TPSA) is 114 Å². The molecule has 3 amide bonds. The molecule has 0 fully saturated rings. The van der Waals surface area contributed by atoms with Gasteiger partial charge in [-0.15, -0.1) is 0 Å². The van der Waals surface area contributed by atoms with E-state index in [1.165, 1.54) is 23.8 Å². The number of likely N-dealkylation sites (N-methyl/N-ethyl adjacent to an activating group) is 1. The summed E-state index contributed by atoms with van der Waals surface area (Å²) in [5.74, 6) is -0.993. The van der Waals surface area contributed by atoms with Crippen molar-refractivity contribution in [3.8, 4) is 0 Å². The van der Waals surface area contributed by atoms with Crippen LogP contribution in [0.5, 0.6) is 0 Å². The summed E-state index contributed by atoms with van der Waals surface area (Å²) in [7, 11) is 1.22. The SMILES string of the molecule is C=Cc1cccc(C(C(=O)NCC(=O)OC)N(CC)C(=O)C(CCSC)NC(=O)OC(C)(C)C)c1. The number of nitrogens with one attached hydrogen (secondary N) is 2. The van der Waals surface area contributed by atoms with Gasteiger partial charge in [0.15, 0.2) is 0 Å². The largest absolute Gasteiger partial charge is 0.468 e. The normalized spacial score (nSPS) is 12.6. The van der Waals surface area contributed by atoms with E-state index in [0.717, 1.165) is 5.56 Å². The van der Waals surface area contributed by atoms with Crippen molar-refractivity contribution in [2.24, 2.45) is 0 Å². The number of alkyl carbamates (subject to hydrolysis) is 1. The van der Waals surface area contributed by atoms with Crippen LogP contribution in [0, 0.1) is 0 Å². The van der Waals surface area contributed by atoms with Gasteiger partial charge in [0.25, 0.3) is 0 Å². The maximum Gasteiger partial charge on any atom is 0.408 e. The fourth-order valence-electron chi connectivity index (χ4n) is 3.27. The third-order valence-electron chi connectivity index (χ3n) is 4.88. The molecule has 2 N–H and O–H groups in total. The molecule has 10 heteroatoms. The van der Waals surface area contributed by atoms with Gasteiger partial charge in [-0.1, -0.05) is 30.9 Å². The number of methoxy groups -OCH3 is 1. The second-order valence-electron chi connectivity index (χ2n) is 8.68. The summed E-state index contributed by atoms with van der Waals surface area (Å²) in [4.78, 5) is 52.4. The van der Waals surface area contributed by atoms with Crippen LogP contribution in [0.4, 0.5) is 4.79 Å². The first-order valence-electron chi connectivity index (χ1n) is 11.3. The summed E-state index contributed by atoms with van der Waals surface area (Å²) in [5.41, 5.74) is 0.576. The van der Waals surface area contributed by atoms with E-state index in [2.05, 4.69) is 21.9 Å². The van der Waals surface area contributed by atoms with Crippen LogP contribution >= 0.6 is 11.8 Å². The van der Waals surface area contributed by atoms with Gasteiger partial charge in [-0.25, -0.2) is 4.79 Å². The zero-order valence-electron chi connectivity index (χ0n) is 21.4. The van der Waals surface area contributed by atoms with Crippen molar-refractivity contribution in [1.82, 2.24) is 15.5 Å². The van der Waals surface area contributed by atoms with E-state index in [9.17, 15) is 19.2 Å². The van der Waals surface area contributed by atoms with Crippen LogP contribution in [0.2, 0.25) is 0 Å². The molecular weight excluding hydrogens is 470 g/mol. The molecule has 2 unspecified atom stereocenters. The summed E-state index contributed by atoms with van der Waals surface area (Å²) in [6.45, 7) is 10.5. The quantitative estimate of drug-likeness (QED) is 0.418. The molecule has 0 aliphatic heterocycles. The lowest BCUT2D eigenvalue weighted by Crippen LogP contribution is -2.53. The summed E-state index contributed by atoms with van der Waals surface area (Å²) < 4.78 is 9.95. The lowest BCUT2D eigenvalue weighted by molar-refractivity contribution is -0.144. The number of carbonyl (C=O) groups is 4. The van der Waals surface area contributed by atoms with Gasteiger partial charge in [0.05, 0.1) is 7.11 Å². The minimum absolute atomic E-state index is 0.180. The summed E-state index contributed by atoms with van der Waals surface area (Å²) >= 11 is 1.53. The van der Waals surface area contributed by atoms with Crippen molar-refractivity contribution in [3.63, 3.8) is 0 Å². The highest BCUT2D eigenvalue weighted by Gasteiger charge is 2.35. The van der Waals surface area contributed by atoms with Crippen molar-refractivity contribution >= 4 is 41.7 Å². The molecule has 9 nitrogen and oxygen atoms in total. The highest BCUT2D eigenvalue weighted by molar-refractivity contribution is 7.98. The smallest absolute Gasteiger partial charge is 0.408 e. The number of ether oxygens (including phenoxy) is 2. The van der Waals surface area contributed by atoms with Crippen molar-refractivity contribution in [3.05, 3.63) is 42.0 Å². The molecule has 194 valence electrons. The van der Waals surface area contributed by atoms with E-state index in [-0.39, 0.29) is 13.1 Å². The van der Waals surface area contributed by atoms with Crippen LogP contribution in [0.3, 0.4) is 0 Å². The van der Waals surface area contributed by atoms with Crippen molar-refractivity contribution in [1.29, 1.82) is 0 Å². The summed E-state index contributed by atoms with van der Waals surface area (Å²) in [6.07, 6.45) is 3.17. The Hall–Kier alpha value is -3.01. The van der Waals surface area contributed by atoms with Crippen LogP contribution in [-0.2, 0) is 23.9 Å². The maximum atomic E-state index is 13.7. The van der Waals surface area contributed by atoms with Gasteiger partial charge < -0.3 is 25.0 Å². The predicted molar refractivity (Wildman–Crippen MR) is 138 cm³/mol. The number of benzene rings is 1. The molecule has 0 aliphatic carbocycles. The molecule has 0 saturated heterocycles. The van der Waals surface area contributed by atoms with Crippen LogP contribution in [0.25, 0.3) is 6.08 Å². The Labute approximate surface area is 212 Å². The zero-order chi connectivity index (χ0) is 26.6. The number of amides is 3. The first-order valence-corrected chi connectivity index (χ1v) is 12.7. The minimum atomic E-state index is -1.05. The van der Waals surface area contributed by atoms with Gasteiger partial charge in [-0.3, -0.25) is 14.4 Å². The Bertz CT molecular complexity index is 899. The molecule has 35 heavy (non-hydrogen) atoms. The Morgan fingerprint density at radius 3 is 2.46 bits per heavy atom. The first kappa shape index (κ1) is 30.0. The van der Waals surface area contributed by atoms with Crippen molar-refractivity contribution < 1.29 is 28.7 Å². The van der Waals surface area contributed by atoms with E-state index in [1.807, 2.05) is 12.3 Å². The third kappa shape index (κ3) is 10.0. The highest BCUT2D eigenvalue weighted by Crippen LogP contribution is 2.24. The van der Waals surface area contributed by atoms with E-state index in [0.29, 0.717) is 17.7 Å². The van der Waals surface area contributed by atoms with Crippen LogP contribution < -0.4 is 10.6 Å². The average molecular weight is 508 g/mol. The molecule has 0 bridgehead atoms. The molecule has 2 atom stereocenters. The molecular formula is C25H37N3O6S. The second kappa shape index (κ2) is 14.4. The van der Waals surface area contributed by atoms with E-state index >= 15 is 0 Å². The molecule has 0 heterocycles. The van der Waals surface area contributed by atoms with Crippen molar-refractivity contribution in [2.75, 3.05) is 32.2 Å². The van der Waals surface area contributed by atoms with Gasteiger partial charge in [0, 0.05) is 6.54 Å². The van der Waals surface area contributed by atoms with E-state index < -0.39 is 41.6 Å². The first-order chi connectivity index (χ1) is 16.5. The molecule has 1 rings (SSSR count). The molecule has 1 aromatic carbocycles. The van der Waals surface area contributed by atoms with E-state index in [4.69, 9.17) is 4.74 Å². The number of hydrogen-bond acceptors (Lipinski definition) is 7. The van der Waals surface area contributed by atoms with Gasteiger partial charge >= 0.3 is 12.1 Å². The number of hydrogen-bond donors (Lipinski definition) is 2. The third-order valence-corrected chi connectivity index (χ3v) is 5.52. The monoisotopic (exact) mass is 507 g/mol. The number of thioether (sulfide) groups is 1. The van der Waals surface area contributed by atoms with E-state index in [1.54, 1.807) is 52.0 Å². The summed E-state index contributed by atoms with van der Waals surface area (Å²) in [6, 6.07) is 5.11. The standard InChI is InChI=1S/C25H37N3O6S/c1-8-17-11-10-12-18(15-17)21(22(30)26-16-20(29)33-6)28(9-2)23(31)19(13-14-35-7)27-24(32)34-25(3,4)5/h8,10-12,15,19,21H,1,9,13-14,16H2,2-7H3,(H,26,30)(H,27,32). The lowest BCUT2D eigenvalue weighted by atomic mass is 10.00. The van der Waals surface area contributed by atoms with Crippen LogP contribution in [-0.4, -0.2) is 72.6 Å². The van der Waals surface area contributed by atoms with Crippen molar-refractivity contribution in [2.45, 2.75) is 51.8 Å². The Morgan fingerprint density at radius 1 is 1.23 bits per heavy atom. The molecule has 1 aromatic rings. The molecule has 0 aromatic heterocycles. The van der Waals surface area contributed by atoms with Gasteiger partial charge in [-0.05, 0) is 63.3 Å². The Kier molecular flexibility index (Phi) is 12.4. The predicted octanol–water partition coefficient (Wildman–Crippen LogP) is 3.15. The molecule has 0 aliphatic rings. The number of nitrogens with zero attached hydrogens (tertiary/aromatic N) is 1. The van der Waals surface area contributed by atoms with Gasteiger partial charge in [0.2, 0.25) is 11.8 Å². The van der Waals surface area contributed by atoms with Gasteiger partial charge in [0.1, 0.15) is 24.2 Å². The average Bonchev–Trinajstić information content (AvgIpc) is 2.81. The number of esters is 1. The fourth-order valence-corrected chi connectivity index (χ4v) is 3.74. The summed E-state index contributed by atoms with van der Waals surface area (Å²) in [5, 5.41) is 5.21. The Balaban J connectivity index is 3.36. The second-order valence-corrected chi connectivity index (χ2v) is 9.66.